The van der Waals surface area contributed by atoms with Gasteiger partial charge in [-0.1, -0.05) is 20.3 Å². The Morgan fingerprint density at radius 3 is 2.60 bits per heavy atom. The summed E-state index contributed by atoms with van der Waals surface area (Å²) in [6, 6.07) is 0.812. The van der Waals surface area contributed by atoms with Gasteiger partial charge in [0.05, 0.1) is 0 Å². The third kappa shape index (κ3) is 2.21. The molecule has 2 nitrogen and oxygen atoms in total. The first-order valence-electron chi connectivity index (χ1n) is 6.61. The molecule has 2 aliphatic rings. The van der Waals surface area contributed by atoms with Crippen molar-refractivity contribution in [2.45, 2.75) is 45.6 Å². The zero-order valence-corrected chi connectivity index (χ0v) is 10.2. The fraction of sp³-hybridized carbons (Fsp3) is 1.00. The topological polar surface area (TPSA) is 23.5 Å². The number of hydrogen-bond donors (Lipinski definition) is 1. The number of aliphatic hydroxyl groups excluding tert-OH is 1. The molecule has 0 radical (unpaired) electrons. The van der Waals surface area contributed by atoms with Crippen LogP contribution in [0, 0.1) is 17.8 Å². The lowest BCUT2D eigenvalue weighted by molar-refractivity contribution is 0.166. The maximum Gasteiger partial charge on any atom is 0.0471 e. The van der Waals surface area contributed by atoms with Gasteiger partial charge in [0.1, 0.15) is 0 Å². The molecule has 0 aromatic rings. The molecule has 88 valence electrons. The predicted molar refractivity (Wildman–Crippen MR) is 62.7 cm³/mol. The Balaban J connectivity index is 1.90. The lowest BCUT2D eigenvalue weighted by Crippen LogP contribution is -2.36. The van der Waals surface area contributed by atoms with Gasteiger partial charge in [-0.15, -0.1) is 0 Å². The number of aliphatic hydroxyl groups is 1. The van der Waals surface area contributed by atoms with Gasteiger partial charge >= 0.3 is 0 Å². The van der Waals surface area contributed by atoms with Gasteiger partial charge in [0.25, 0.3) is 0 Å². The van der Waals surface area contributed by atoms with Crippen molar-refractivity contribution in [3.63, 3.8) is 0 Å². The Hall–Kier alpha value is -0.0800. The Morgan fingerprint density at radius 1 is 1.27 bits per heavy atom. The smallest absolute Gasteiger partial charge is 0.0471 e. The van der Waals surface area contributed by atoms with E-state index >= 15 is 0 Å². The van der Waals surface area contributed by atoms with Gasteiger partial charge in [-0.3, -0.25) is 4.90 Å². The molecule has 0 aromatic carbocycles. The number of hydrogen-bond acceptors (Lipinski definition) is 2. The summed E-state index contributed by atoms with van der Waals surface area (Å²) < 4.78 is 0. The minimum atomic E-state index is 0.384. The van der Waals surface area contributed by atoms with Gasteiger partial charge in [0, 0.05) is 19.2 Å². The summed E-state index contributed by atoms with van der Waals surface area (Å²) in [6.07, 6.45) is 5.35. The molecular formula is C13H25NO. The average molecular weight is 211 g/mol. The third-order valence-corrected chi connectivity index (χ3v) is 4.75. The van der Waals surface area contributed by atoms with E-state index in [1.165, 1.54) is 32.2 Å². The van der Waals surface area contributed by atoms with Crippen LogP contribution in [-0.2, 0) is 0 Å². The van der Waals surface area contributed by atoms with Crippen molar-refractivity contribution < 1.29 is 5.11 Å². The maximum absolute atomic E-state index is 9.16. The van der Waals surface area contributed by atoms with Crippen molar-refractivity contribution in [2.75, 3.05) is 19.7 Å². The second kappa shape index (κ2) is 4.84. The Morgan fingerprint density at radius 2 is 2.07 bits per heavy atom. The third-order valence-electron chi connectivity index (χ3n) is 4.75. The van der Waals surface area contributed by atoms with Gasteiger partial charge in [-0.05, 0) is 43.6 Å². The van der Waals surface area contributed by atoms with Crippen LogP contribution in [0.2, 0.25) is 0 Å². The van der Waals surface area contributed by atoms with Crippen LogP contribution in [0.4, 0.5) is 0 Å². The van der Waals surface area contributed by atoms with Crippen LogP contribution < -0.4 is 0 Å². The predicted octanol–water partition coefficient (Wildman–Crippen LogP) is 2.13. The second-order valence-corrected chi connectivity index (χ2v) is 5.50. The second-order valence-electron chi connectivity index (χ2n) is 5.50. The zero-order chi connectivity index (χ0) is 10.8. The maximum atomic E-state index is 9.16. The van der Waals surface area contributed by atoms with E-state index in [1.807, 2.05) is 0 Å². The molecule has 4 unspecified atom stereocenters. The molecule has 0 bridgehead atoms. The van der Waals surface area contributed by atoms with Crippen molar-refractivity contribution in [1.82, 2.24) is 4.90 Å². The van der Waals surface area contributed by atoms with E-state index in [2.05, 4.69) is 18.7 Å². The normalized spacial score (nSPS) is 42.6. The molecule has 1 N–H and O–H groups in total. The molecule has 1 aliphatic heterocycles. The van der Waals surface area contributed by atoms with E-state index < -0.39 is 0 Å². The number of rotatable bonds is 3. The van der Waals surface area contributed by atoms with E-state index in [-0.39, 0.29) is 0 Å². The first-order chi connectivity index (χ1) is 7.26. The summed E-state index contributed by atoms with van der Waals surface area (Å²) in [4.78, 5) is 2.64. The van der Waals surface area contributed by atoms with Gasteiger partial charge in [-0.25, -0.2) is 0 Å². The lowest BCUT2D eigenvalue weighted by atomic mass is 9.93. The van der Waals surface area contributed by atoms with E-state index in [0.717, 1.165) is 24.4 Å². The fourth-order valence-corrected chi connectivity index (χ4v) is 3.63. The number of likely N-dealkylation sites (tertiary alicyclic amines) is 1. The minimum absolute atomic E-state index is 0.384. The molecule has 15 heavy (non-hydrogen) atoms. The molecule has 1 saturated carbocycles. The molecule has 0 aromatic heterocycles. The Labute approximate surface area is 93.7 Å². The van der Waals surface area contributed by atoms with Crippen molar-refractivity contribution in [3.8, 4) is 0 Å². The summed E-state index contributed by atoms with van der Waals surface area (Å²) in [5.74, 6) is 2.37. The van der Waals surface area contributed by atoms with E-state index in [1.54, 1.807) is 0 Å². The summed E-state index contributed by atoms with van der Waals surface area (Å²) in [5, 5.41) is 9.16. The molecule has 4 atom stereocenters. The lowest BCUT2D eigenvalue weighted by Gasteiger charge is -2.29. The highest BCUT2D eigenvalue weighted by Gasteiger charge is 2.37. The van der Waals surface area contributed by atoms with Crippen molar-refractivity contribution in [2.24, 2.45) is 17.8 Å². The van der Waals surface area contributed by atoms with Gasteiger partial charge in [-0.2, -0.15) is 0 Å². The van der Waals surface area contributed by atoms with Crippen LogP contribution in [0.3, 0.4) is 0 Å². The highest BCUT2D eigenvalue weighted by Crippen LogP contribution is 2.38. The average Bonchev–Trinajstić information content (AvgIpc) is 2.83. The van der Waals surface area contributed by atoms with E-state index in [0.29, 0.717) is 12.5 Å². The molecule has 2 heteroatoms. The van der Waals surface area contributed by atoms with Crippen LogP contribution in [0.1, 0.15) is 39.5 Å². The SMILES string of the molecule is CCC1CCC(N2CCC(CO)C2)C1C. The van der Waals surface area contributed by atoms with E-state index in [9.17, 15) is 0 Å². The Bertz CT molecular complexity index is 207. The summed E-state index contributed by atoms with van der Waals surface area (Å²) in [5.41, 5.74) is 0. The molecule has 1 heterocycles. The van der Waals surface area contributed by atoms with Crippen LogP contribution >= 0.6 is 0 Å². The van der Waals surface area contributed by atoms with Crippen LogP contribution in [0.25, 0.3) is 0 Å². The monoisotopic (exact) mass is 211 g/mol. The molecule has 1 saturated heterocycles. The quantitative estimate of drug-likeness (QED) is 0.773. The first kappa shape index (κ1) is 11.4. The largest absolute Gasteiger partial charge is 0.396 e. The highest BCUT2D eigenvalue weighted by molar-refractivity contribution is 4.91. The summed E-state index contributed by atoms with van der Waals surface area (Å²) in [6.45, 7) is 7.50. The van der Waals surface area contributed by atoms with Gasteiger partial charge < -0.3 is 5.11 Å². The van der Waals surface area contributed by atoms with Crippen LogP contribution in [-0.4, -0.2) is 35.7 Å². The standard InChI is InChI=1S/C13H25NO/c1-3-12-4-5-13(10(12)2)14-7-6-11(8-14)9-15/h10-13,15H,3-9H2,1-2H3. The van der Waals surface area contributed by atoms with Crippen molar-refractivity contribution >= 4 is 0 Å². The molecule has 1 aliphatic carbocycles. The zero-order valence-electron chi connectivity index (χ0n) is 10.2. The fourth-order valence-electron chi connectivity index (χ4n) is 3.63. The van der Waals surface area contributed by atoms with Crippen LogP contribution in [0.5, 0.6) is 0 Å². The minimum Gasteiger partial charge on any atom is -0.396 e. The molecular weight excluding hydrogens is 186 g/mol. The molecule has 2 rings (SSSR count). The summed E-state index contributed by atoms with van der Waals surface area (Å²) in [7, 11) is 0. The molecule has 2 fully saturated rings. The molecule has 0 spiro atoms. The van der Waals surface area contributed by atoms with Gasteiger partial charge in [0.15, 0.2) is 0 Å². The van der Waals surface area contributed by atoms with Crippen LogP contribution in [0.15, 0.2) is 0 Å². The summed E-state index contributed by atoms with van der Waals surface area (Å²) >= 11 is 0. The van der Waals surface area contributed by atoms with Crippen molar-refractivity contribution in [1.29, 1.82) is 0 Å². The number of nitrogens with zero attached hydrogens (tertiary/aromatic N) is 1. The van der Waals surface area contributed by atoms with Crippen molar-refractivity contribution in [3.05, 3.63) is 0 Å². The molecule has 0 amide bonds. The Kier molecular flexibility index (Phi) is 3.68. The highest BCUT2D eigenvalue weighted by atomic mass is 16.3. The van der Waals surface area contributed by atoms with E-state index in [4.69, 9.17) is 5.11 Å². The first-order valence-corrected chi connectivity index (χ1v) is 6.61. The van der Waals surface area contributed by atoms with Gasteiger partial charge in [0.2, 0.25) is 0 Å².